The van der Waals surface area contributed by atoms with Gasteiger partial charge < -0.3 is 14.2 Å². The van der Waals surface area contributed by atoms with E-state index in [0.717, 1.165) is 0 Å². The Labute approximate surface area is 222 Å². The highest BCUT2D eigenvalue weighted by Gasteiger charge is 2.46. The van der Waals surface area contributed by atoms with Crippen molar-refractivity contribution in [2.75, 3.05) is 19.0 Å². The van der Waals surface area contributed by atoms with E-state index in [1.807, 2.05) is 45.2 Å². The first-order valence-corrected chi connectivity index (χ1v) is 13.4. The van der Waals surface area contributed by atoms with Crippen LogP contribution in [0.1, 0.15) is 20.7 Å². The molecule has 1 fully saturated rings. The van der Waals surface area contributed by atoms with Crippen LogP contribution >= 0.6 is 90.4 Å². The van der Waals surface area contributed by atoms with Gasteiger partial charge in [-0.3, -0.25) is 4.55 Å². The zero-order valence-electron chi connectivity index (χ0n) is 14.1. The highest BCUT2D eigenvalue weighted by atomic mass is 127. The van der Waals surface area contributed by atoms with Gasteiger partial charge in [0.2, 0.25) is 6.10 Å². The number of rotatable bonds is 7. The van der Waals surface area contributed by atoms with Crippen LogP contribution in [0.2, 0.25) is 0 Å². The third kappa shape index (κ3) is 7.12. The summed E-state index contributed by atoms with van der Waals surface area (Å²) in [5.74, 6) is -4.42. The molecular formula is C14H9F3I4O8S. The summed E-state index contributed by atoms with van der Waals surface area (Å²) < 4.78 is 85.9. The largest absolute Gasteiger partial charge is 0.459 e. The highest BCUT2D eigenvalue weighted by Crippen LogP contribution is 2.35. The molecule has 168 valence electrons. The summed E-state index contributed by atoms with van der Waals surface area (Å²) in [6.07, 6.45) is -8.69. The molecule has 30 heavy (non-hydrogen) atoms. The first-order valence-electron chi connectivity index (χ1n) is 7.51. The molecule has 0 radical (unpaired) electrons. The number of esters is 2. The number of ether oxygens (including phenoxy) is 3. The number of alkyl halides is 3. The second kappa shape index (κ2) is 10.3. The van der Waals surface area contributed by atoms with Gasteiger partial charge in [0.05, 0.1) is 17.7 Å². The minimum absolute atomic E-state index is 0.101. The van der Waals surface area contributed by atoms with Crippen molar-refractivity contribution in [3.05, 3.63) is 25.4 Å². The summed E-state index contributed by atoms with van der Waals surface area (Å²) in [7, 11) is -5.11. The summed E-state index contributed by atoms with van der Waals surface area (Å²) in [5, 5.41) is 0. The average Bonchev–Trinajstić information content (AvgIpc) is 3.42. The lowest BCUT2D eigenvalue weighted by Gasteiger charge is -2.21. The molecule has 0 bridgehead atoms. The Kier molecular flexibility index (Phi) is 9.30. The fourth-order valence-electron chi connectivity index (χ4n) is 1.99. The van der Waals surface area contributed by atoms with Crippen molar-refractivity contribution in [1.82, 2.24) is 0 Å². The minimum Gasteiger partial charge on any atom is -0.459 e. The smallest absolute Gasteiger partial charge is 0.426 e. The van der Waals surface area contributed by atoms with E-state index in [0.29, 0.717) is 13.7 Å². The van der Waals surface area contributed by atoms with Gasteiger partial charge in [0, 0.05) is 14.3 Å². The summed E-state index contributed by atoms with van der Waals surface area (Å²) >= 11 is 7.18. The topological polar surface area (TPSA) is 119 Å². The monoisotopic (exact) mass is 902 g/mol. The molecule has 2 unspecified atom stereocenters. The van der Waals surface area contributed by atoms with Crippen LogP contribution in [-0.4, -0.2) is 62.3 Å². The molecule has 16 heteroatoms. The van der Waals surface area contributed by atoms with Crippen LogP contribution in [0.3, 0.4) is 0 Å². The number of hydrogen-bond acceptors (Lipinski definition) is 7. The SMILES string of the molecule is O=C(OCC1CO1)c1c(I)c(I)c(I)c(I)c1C(=O)OC(CS(=O)(=O)O)C(F)(F)F. The molecule has 1 aliphatic rings. The predicted molar refractivity (Wildman–Crippen MR) is 129 cm³/mol. The average molecular weight is 902 g/mol. The van der Waals surface area contributed by atoms with Crippen molar-refractivity contribution >= 4 is 112 Å². The van der Waals surface area contributed by atoms with Crippen LogP contribution < -0.4 is 0 Å². The van der Waals surface area contributed by atoms with E-state index in [-0.39, 0.29) is 25.4 Å². The maximum atomic E-state index is 13.2. The zero-order valence-corrected chi connectivity index (χ0v) is 23.6. The van der Waals surface area contributed by atoms with Crippen molar-refractivity contribution in [2.45, 2.75) is 18.4 Å². The van der Waals surface area contributed by atoms with Gasteiger partial charge >= 0.3 is 18.1 Å². The van der Waals surface area contributed by atoms with Crippen molar-refractivity contribution in [1.29, 1.82) is 0 Å². The number of carbonyl (C=O) groups excluding carboxylic acids is 2. The Bertz CT molecular complexity index is 979. The van der Waals surface area contributed by atoms with Gasteiger partial charge in [-0.15, -0.1) is 0 Å². The zero-order chi connectivity index (χ0) is 23.0. The fraction of sp³-hybridized carbons (Fsp3) is 0.429. The van der Waals surface area contributed by atoms with Gasteiger partial charge in [-0.05, 0) is 90.4 Å². The highest BCUT2D eigenvalue weighted by molar-refractivity contribution is 14.1. The molecule has 0 amide bonds. The second-order valence-electron chi connectivity index (χ2n) is 5.74. The molecular weight excluding hydrogens is 893 g/mol. The van der Waals surface area contributed by atoms with Gasteiger partial charge in [0.1, 0.15) is 18.5 Å². The van der Waals surface area contributed by atoms with Crippen LogP contribution in [0.5, 0.6) is 0 Å². The van der Waals surface area contributed by atoms with Gasteiger partial charge in [-0.1, -0.05) is 0 Å². The lowest BCUT2D eigenvalue weighted by molar-refractivity contribution is -0.197. The molecule has 1 aliphatic heterocycles. The lowest BCUT2D eigenvalue weighted by Crippen LogP contribution is -2.40. The number of epoxide rings is 1. The van der Waals surface area contributed by atoms with Gasteiger partial charge in [0.15, 0.2) is 0 Å². The summed E-state index contributed by atoms with van der Waals surface area (Å²) in [6, 6.07) is 0. The molecule has 0 spiro atoms. The maximum Gasteiger partial charge on any atom is 0.426 e. The number of carbonyl (C=O) groups is 2. The molecule has 0 aromatic heterocycles. The molecule has 0 aliphatic carbocycles. The Morgan fingerprint density at radius 3 is 1.93 bits per heavy atom. The molecule has 8 nitrogen and oxygen atoms in total. The molecule has 1 aromatic carbocycles. The Morgan fingerprint density at radius 1 is 1.07 bits per heavy atom. The third-order valence-corrected chi connectivity index (χ3v) is 11.6. The summed E-state index contributed by atoms with van der Waals surface area (Å²) in [6.45, 7) is 0.292. The fourth-order valence-corrected chi connectivity index (χ4v) is 6.26. The van der Waals surface area contributed by atoms with Crippen LogP contribution in [0.25, 0.3) is 0 Å². The van der Waals surface area contributed by atoms with Crippen molar-refractivity contribution in [3.8, 4) is 0 Å². The van der Waals surface area contributed by atoms with Crippen LogP contribution in [0.4, 0.5) is 13.2 Å². The van der Waals surface area contributed by atoms with E-state index >= 15 is 0 Å². The lowest BCUT2D eigenvalue weighted by atomic mass is 10.1. The van der Waals surface area contributed by atoms with E-state index in [1.54, 1.807) is 45.2 Å². The van der Waals surface area contributed by atoms with Crippen LogP contribution in [-0.2, 0) is 24.3 Å². The predicted octanol–water partition coefficient (Wildman–Crippen LogP) is 3.64. The third-order valence-electron chi connectivity index (χ3n) is 3.45. The Morgan fingerprint density at radius 2 is 1.53 bits per heavy atom. The van der Waals surface area contributed by atoms with Crippen molar-refractivity contribution in [3.63, 3.8) is 0 Å². The maximum absolute atomic E-state index is 13.2. The molecule has 1 heterocycles. The number of halogens is 7. The molecule has 1 aromatic rings. The second-order valence-corrected chi connectivity index (χ2v) is 11.6. The molecule has 0 saturated carbocycles. The number of hydrogen-bond donors (Lipinski definition) is 1. The van der Waals surface area contributed by atoms with E-state index < -0.39 is 45.7 Å². The van der Waals surface area contributed by atoms with Gasteiger partial charge in [-0.25, -0.2) is 9.59 Å². The first-order chi connectivity index (χ1) is 13.6. The van der Waals surface area contributed by atoms with Gasteiger partial charge in [0.25, 0.3) is 10.1 Å². The molecule has 1 N–H and O–H groups in total. The van der Waals surface area contributed by atoms with Crippen LogP contribution in [0, 0.1) is 14.3 Å². The Hall–Kier alpha value is 0.740. The molecule has 2 rings (SSSR count). The van der Waals surface area contributed by atoms with Crippen molar-refractivity contribution in [2.24, 2.45) is 0 Å². The van der Waals surface area contributed by atoms with E-state index in [2.05, 4.69) is 4.74 Å². The molecule has 2 atom stereocenters. The number of benzene rings is 1. The normalized spacial score (nSPS) is 17.4. The van der Waals surface area contributed by atoms with E-state index in [1.165, 1.54) is 0 Å². The van der Waals surface area contributed by atoms with Crippen LogP contribution in [0.15, 0.2) is 0 Å². The summed E-state index contributed by atoms with van der Waals surface area (Å²) in [4.78, 5) is 25.2. The van der Waals surface area contributed by atoms with Crippen molar-refractivity contribution < 1.29 is 49.9 Å². The van der Waals surface area contributed by atoms with Gasteiger partial charge in [-0.2, -0.15) is 21.6 Å². The van der Waals surface area contributed by atoms with E-state index in [9.17, 15) is 31.2 Å². The summed E-state index contributed by atoms with van der Waals surface area (Å²) in [5.41, 5.74) is -0.792. The standard InChI is InChI=1S/C14H9F3I4O8S/c15-14(16,17)5(3-30(24,25)26)29-13(23)7-6(12(22)28-2-4-1-27-4)8(18)10(20)11(21)9(7)19/h4-5H,1-3H2,(H,24,25,26). The minimum atomic E-state index is -5.27. The first kappa shape index (κ1) is 27.0. The van der Waals surface area contributed by atoms with E-state index in [4.69, 9.17) is 14.0 Å². The molecule has 1 saturated heterocycles. The quantitative estimate of drug-likeness (QED) is 0.110. The Balaban J connectivity index is 2.49.